The summed E-state index contributed by atoms with van der Waals surface area (Å²) in [6.45, 7) is 2.44. The molecule has 1 atom stereocenters. The molecular weight excluding hydrogens is 182 g/mol. The van der Waals surface area contributed by atoms with E-state index in [1.807, 2.05) is 6.92 Å². The zero-order valence-electron chi connectivity index (χ0n) is 8.12. The van der Waals surface area contributed by atoms with Crippen molar-refractivity contribution in [2.45, 2.75) is 25.8 Å². The van der Waals surface area contributed by atoms with Crippen LogP contribution in [0.1, 0.15) is 19.8 Å². The van der Waals surface area contributed by atoms with E-state index < -0.39 is 11.8 Å². The van der Waals surface area contributed by atoms with Crippen molar-refractivity contribution in [3.05, 3.63) is 0 Å². The Morgan fingerprint density at radius 3 is 2.86 bits per heavy atom. The molecule has 76 valence electrons. The molecule has 1 aliphatic heterocycles. The molecule has 5 heteroatoms. The van der Waals surface area contributed by atoms with Crippen molar-refractivity contribution in [2.75, 3.05) is 13.1 Å². The van der Waals surface area contributed by atoms with Crippen LogP contribution in [0.15, 0.2) is 0 Å². The summed E-state index contributed by atoms with van der Waals surface area (Å²) in [4.78, 5) is 24.2. The minimum absolute atomic E-state index is 0.118. The van der Waals surface area contributed by atoms with Crippen LogP contribution in [0, 0.1) is 11.3 Å². The first-order valence-electron chi connectivity index (χ1n) is 4.62. The molecule has 1 fully saturated rings. The van der Waals surface area contributed by atoms with Crippen molar-refractivity contribution in [3.63, 3.8) is 0 Å². The van der Waals surface area contributed by atoms with Crippen LogP contribution in [0.3, 0.4) is 0 Å². The van der Waals surface area contributed by atoms with Crippen molar-refractivity contribution in [3.8, 4) is 6.07 Å². The van der Waals surface area contributed by atoms with Crippen LogP contribution in [0.5, 0.6) is 0 Å². The molecule has 0 aliphatic carbocycles. The van der Waals surface area contributed by atoms with Gasteiger partial charge in [0.15, 0.2) is 0 Å². The van der Waals surface area contributed by atoms with Gasteiger partial charge in [0.25, 0.3) is 0 Å². The number of rotatable bonds is 1. The second-order valence-corrected chi connectivity index (χ2v) is 3.33. The lowest BCUT2D eigenvalue weighted by Crippen LogP contribution is -2.44. The lowest BCUT2D eigenvalue weighted by Gasteiger charge is -2.19. The molecule has 5 nitrogen and oxygen atoms in total. The topological polar surface area (TPSA) is 73.2 Å². The molecule has 0 aromatic rings. The monoisotopic (exact) mass is 195 g/mol. The Kier molecular flexibility index (Phi) is 3.46. The minimum Gasteiger partial charge on any atom is -0.335 e. The first kappa shape index (κ1) is 10.5. The largest absolute Gasteiger partial charge is 0.335 e. The first-order valence-corrected chi connectivity index (χ1v) is 4.62. The van der Waals surface area contributed by atoms with E-state index >= 15 is 0 Å². The lowest BCUT2D eigenvalue weighted by atomic mass is 10.2. The molecule has 0 saturated carbocycles. The molecule has 1 rings (SSSR count). The first-order chi connectivity index (χ1) is 6.66. The van der Waals surface area contributed by atoms with Gasteiger partial charge < -0.3 is 10.2 Å². The Balaban J connectivity index is 2.48. The number of nitrogens with one attached hydrogen (secondary N) is 1. The molecule has 1 aliphatic rings. The maximum atomic E-state index is 11.5. The average Bonchev–Trinajstić information content (AvgIpc) is 2.59. The zero-order chi connectivity index (χ0) is 10.6. The molecule has 2 amide bonds. The summed E-state index contributed by atoms with van der Waals surface area (Å²) in [5, 5.41) is 10.5. The number of amides is 2. The Morgan fingerprint density at radius 1 is 1.64 bits per heavy atom. The number of hydrogen-bond donors (Lipinski definition) is 1. The minimum atomic E-state index is -0.680. The van der Waals surface area contributed by atoms with Gasteiger partial charge in [-0.15, -0.1) is 0 Å². The number of hydrogen-bond acceptors (Lipinski definition) is 3. The van der Waals surface area contributed by atoms with E-state index in [1.165, 1.54) is 0 Å². The molecule has 1 saturated heterocycles. The van der Waals surface area contributed by atoms with Gasteiger partial charge >= 0.3 is 11.8 Å². The highest BCUT2D eigenvalue weighted by atomic mass is 16.2. The van der Waals surface area contributed by atoms with E-state index in [1.54, 1.807) is 11.0 Å². The van der Waals surface area contributed by atoms with Crippen molar-refractivity contribution in [1.82, 2.24) is 10.2 Å². The summed E-state index contributed by atoms with van der Waals surface area (Å²) in [5.74, 6) is -1.20. The number of nitriles is 1. The normalized spacial score (nSPS) is 20.3. The van der Waals surface area contributed by atoms with Crippen LogP contribution in [0.4, 0.5) is 0 Å². The van der Waals surface area contributed by atoms with Crippen LogP contribution in [0.25, 0.3) is 0 Å². The van der Waals surface area contributed by atoms with Gasteiger partial charge in [-0.25, -0.2) is 0 Å². The molecular formula is C9H13N3O2. The van der Waals surface area contributed by atoms with Crippen LogP contribution < -0.4 is 5.32 Å². The maximum Gasteiger partial charge on any atom is 0.312 e. The van der Waals surface area contributed by atoms with Gasteiger partial charge in [0.1, 0.15) is 6.54 Å². The van der Waals surface area contributed by atoms with Gasteiger partial charge in [-0.1, -0.05) is 0 Å². The molecule has 1 heterocycles. The smallest absolute Gasteiger partial charge is 0.312 e. The van der Waals surface area contributed by atoms with E-state index in [0.717, 1.165) is 12.8 Å². The van der Waals surface area contributed by atoms with Crippen molar-refractivity contribution in [1.29, 1.82) is 5.26 Å². The van der Waals surface area contributed by atoms with E-state index in [0.29, 0.717) is 6.54 Å². The SMILES string of the molecule is CC1CCCN1C(=O)C(=O)NCC#N. The number of carbonyl (C=O) groups excluding carboxylic acids is 2. The highest BCUT2D eigenvalue weighted by Crippen LogP contribution is 2.15. The molecule has 0 bridgehead atoms. The van der Waals surface area contributed by atoms with Crippen LogP contribution in [-0.2, 0) is 9.59 Å². The average molecular weight is 195 g/mol. The van der Waals surface area contributed by atoms with Gasteiger partial charge in [-0.05, 0) is 19.8 Å². The van der Waals surface area contributed by atoms with Gasteiger partial charge in [-0.3, -0.25) is 9.59 Å². The van der Waals surface area contributed by atoms with Crippen molar-refractivity contribution < 1.29 is 9.59 Å². The quantitative estimate of drug-likeness (QED) is 0.458. The summed E-state index contributed by atoms with van der Waals surface area (Å²) < 4.78 is 0. The van der Waals surface area contributed by atoms with Crippen LogP contribution >= 0.6 is 0 Å². The van der Waals surface area contributed by atoms with E-state index in [4.69, 9.17) is 5.26 Å². The fraction of sp³-hybridized carbons (Fsp3) is 0.667. The van der Waals surface area contributed by atoms with Gasteiger partial charge in [-0.2, -0.15) is 5.26 Å². The van der Waals surface area contributed by atoms with E-state index in [9.17, 15) is 9.59 Å². The number of likely N-dealkylation sites (tertiary alicyclic amines) is 1. The second kappa shape index (κ2) is 4.61. The molecule has 0 radical (unpaired) electrons. The van der Waals surface area contributed by atoms with E-state index in [2.05, 4.69) is 5.32 Å². The maximum absolute atomic E-state index is 11.5. The summed E-state index contributed by atoms with van der Waals surface area (Å²) in [5.41, 5.74) is 0. The second-order valence-electron chi connectivity index (χ2n) is 3.33. The van der Waals surface area contributed by atoms with E-state index in [-0.39, 0.29) is 12.6 Å². The molecule has 0 spiro atoms. The lowest BCUT2D eigenvalue weighted by molar-refractivity contribution is -0.146. The summed E-state index contributed by atoms with van der Waals surface area (Å²) in [6.07, 6.45) is 1.88. The molecule has 0 aromatic heterocycles. The molecule has 1 N–H and O–H groups in total. The van der Waals surface area contributed by atoms with Crippen molar-refractivity contribution in [2.24, 2.45) is 0 Å². The van der Waals surface area contributed by atoms with Gasteiger partial charge in [0.05, 0.1) is 6.07 Å². The van der Waals surface area contributed by atoms with Crippen LogP contribution in [0.2, 0.25) is 0 Å². The molecule has 1 unspecified atom stereocenters. The Morgan fingerprint density at radius 2 is 2.36 bits per heavy atom. The third-order valence-corrected chi connectivity index (χ3v) is 2.34. The Bertz CT molecular complexity index is 282. The third-order valence-electron chi connectivity index (χ3n) is 2.34. The standard InChI is InChI=1S/C9H13N3O2/c1-7-3-2-6-12(7)9(14)8(13)11-5-4-10/h7H,2-3,5-6H2,1H3,(H,11,13). The zero-order valence-corrected chi connectivity index (χ0v) is 8.12. The summed E-state index contributed by atoms with van der Waals surface area (Å²) >= 11 is 0. The van der Waals surface area contributed by atoms with Gasteiger partial charge in [0.2, 0.25) is 0 Å². The number of carbonyl (C=O) groups is 2. The van der Waals surface area contributed by atoms with Crippen molar-refractivity contribution >= 4 is 11.8 Å². The van der Waals surface area contributed by atoms with Crippen LogP contribution in [-0.4, -0.2) is 35.8 Å². The fourth-order valence-electron chi connectivity index (χ4n) is 1.56. The third kappa shape index (κ3) is 2.22. The highest BCUT2D eigenvalue weighted by molar-refractivity contribution is 6.35. The molecule has 0 aromatic carbocycles. The summed E-state index contributed by atoms with van der Waals surface area (Å²) in [6, 6.07) is 1.89. The highest BCUT2D eigenvalue weighted by Gasteiger charge is 2.29. The Labute approximate surface area is 82.7 Å². The van der Waals surface area contributed by atoms with Gasteiger partial charge in [0, 0.05) is 12.6 Å². The number of nitrogens with zero attached hydrogens (tertiary/aromatic N) is 2. The predicted octanol–water partition coefficient (Wildman–Crippen LogP) is -0.363. The Hall–Kier alpha value is -1.57. The predicted molar refractivity (Wildman–Crippen MR) is 49.0 cm³/mol. The molecule has 14 heavy (non-hydrogen) atoms. The summed E-state index contributed by atoms with van der Waals surface area (Å²) in [7, 11) is 0. The fourth-order valence-corrected chi connectivity index (χ4v) is 1.56.